The summed E-state index contributed by atoms with van der Waals surface area (Å²) >= 11 is 0. The van der Waals surface area contributed by atoms with E-state index in [2.05, 4.69) is 20.6 Å². The van der Waals surface area contributed by atoms with Crippen LogP contribution in [0.25, 0.3) is 10.9 Å². The minimum Gasteiger partial charge on any atom is -0.469 e. The van der Waals surface area contributed by atoms with Crippen LogP contribution >= 0.6 is 0 Å². The largest absolute Gasteiger partial charge is 0.469 e. The second-order valence-electron chi connectivity index (χ2n) is 6.70. The summed E-state index contributed by atoms with van der Waals surface area (Å²) in [6.45, 7) is 1.89. The molecule has 1 amide bonds. The van der Waals surface area contributed by atoms with Crippen molar-refractivity contribution in [2.75, 3.05) is 5.32 Å². The normalized spacial score (nSPS) is 11.9. The van der Waals surface area contributed by atoms with Crippen molar-refractivity contribution in [1.82, 2.24) is 15.3 Å². The van der Waals surface area contributed by atoms with E-state index in [1.165, 1.54) is 12.1 Å². The quantitative estimate of drug-likeness (QED) is 0.508. The van der Waals surface area contributed by atoms with Crippen LogP contribution in [0.1, 0.15) is 23.3 Å². The van der Waals surface area contributed by atoms with Gasteiger partial charge in [-0.15, -0.1) is 0 Å². The van der Waals surface area contributed by atoms with E-state index in [9.17, 15) is 9.18 Å². The van der Waals surface area contributed by atoms with Crippen LogP contribution < -0.4 is 10.6 Å². The molecule has 2 heterocycles. The minimum absolute atomic E-state index is 0.0552. The predicted octanol–water partition coefficient (Wildman–Crippen LogP) is 4.47. The van der Waals surface area contributed by atoms with Gasteiger partial charge in [-0.3, -0.25) is 4.79 Å². The van der Waals surface area contributed by atoms with Gasteiger partial charge in [0.05, 0.1) is 11.8 Å². The summed E-state index contributed by atoms with van der Waals surface area (Å²) in [6.07, 6.45) is 2.16. The second-order valence-corrected chi connectivity index (χ2v) is 6.70. The van der Waals surface area contributed by atoms with E-state index >= 15 is 0 Å². The monoisotopic (exact) mass is 390 g/mol. The van der Waals surface area contributed by atoms with E-state index in [1.54, 1.807) is 18.4 Å². The van der Waals surface area contributed by atoms with Crippen LogP contribution in [0.5, 0.6) is 0 Å². The number of amides is 1. The SMILES string of the molecule is C[C@H](Cc1ccco1)NC(=O)c1nc(Nc2ccc(F)cc2)c2ccccc2n1. The number of hydrogen-bond acceptors (Lipinski definition) is 5. The number of carbonyl (C=O) groups excluding carboxylic acids is 1. The highest BCUT2D eigenvalue weighted by Crippen LogP contribution is 2.24. The van der Waals surface area contributed by atoms with Gasteiger partial charge in [-0.1, -0.05) is 12.1 Å². The molecule has 0 saturated heterocycles. The summed E-state index contributed by atoms with van der Waals surface area (Å²) in [4.78, 5) is 21.5. The molecule has 7 heteroatoms. The van der Waals surface area contributed by atoms with Crippen molar-refractivity contribution in [2.45, 2.75) is 19.4 Å². The van der Waals surface area contributed by atoms with E-state index in [-0.39, 0.29) is 23.6 Å². The average Bonchev–Trinajstić information content (AvgIpc) is 3.22. The third-order valence-corrected chi connectivity index (χ3v) is 4.38. The van der Waals surface area contributed by atoms with Gasteiger partial charge in [0.2, 0.25) is 5.82 Å². The fraction of sp³-hybridized carbons (Fsp3) is 0.136. The number of benzene rings is 2. The van der Waals surface area contributed by atoms with Gasteiger partial charge in [0, 0.05) is 23.5 Å². The molecule has 1 atom stereocenters. The number of carbonyl (C=O) groups is 1. The van der Waals surface area contributed by atoms with E-state index in [4.69, 9.17) is 4.42 Å². The molecule has 0 aliphatic carbocycles. The molecule has 146 valence electrons. The van der Waals surface area contributed by atoms with Crippen LogP contribution in [-0.4, -0.2) is 21.9 Å². The minimum atomic E-state index is -0.378. The first kappa shape index (κ1) is 18.6. The lowest BCUT2D eigenvalue weighted by atomic mass is 10.2. The zero-order valence-electron chi connectivity index (χ0n) is 15.7. The van der Waals surface area contributed by atoms with Crippen LogP contribution in [0.2, 0.25) is 0 Å². The van der Waals surface area contributed by atoms with E-state index in [1.807, 2.05) is 43.3 Å². The first-order valence-corrected chi connectivity index (χ1v) is 9.21. The second kappa shape index (κ2) is 8.10. The Morgan fingerprint density at radius 2 is 1.86 bits per heavy atom. The maximum Gasteiger partial charge on any atom is 0.289 e. The van der Waals surface area contributed by atoms with Crippen LogP contribution in [0.15, 0.2) is 71.3 Å². The zero-order chi connectivity index (χ0) is 20.2. The topological polar surface area (TPSA) is 80.0 Å². The molecule has 4 rings (SSSR count). The van der Waals surface area contributed by atoms with Gasteiger partial charge in [0.25, 0.3) is 5.91 Å². The van der Waals surface area contributed by atoms with Gasteiger partial charge in [0.1, 0.15) is 17.4 Å². The molecule has 4 aromatic rings. The molecule has 6 nitrogen and oxygen atoms in total. The summed E-state index contributed by atoms with van der Waals surface area (Å²) in [6, 6.07) is 16.8. The number of hydrogen-bond donors (Lipinski definition) is 2. The van der Waals surface area contributed by atoms with Crippen molar-refractivity contribution in [1.29, 1.82) is 0 Å². The zero-order valence-corrected chi connectivity index (χ0v) is 15.7. The molecule has 29 heavy (non-hydrogen) atoms. The molecule has 0 saturated carbocycles. The average molecular weight is 390 g/mol. The smallest absolute Gasteiger partial charge is 0.289 e. The fourth-order valence-electron chi connectivity index (χ4n) is 3.01. The van der Waals surface area contributed by atoms with Crippen molar-refractivity contribution in [3.8, 4) is 0 Å². The van der Waals surface area contributed by atoms with Crippen molar-refractivity contribution < 1.29 is 13.6 Å². The van der Waals surface area contributed by atoms with Gasteiger partial charge >= 0.3 is 0 Å². The molecule has 0 spiro atoms. The lowest BCUT2D eigenvalue weighted by Gasteiger charge is -2.14. The third kappa shape index (κ3) is 4.40. The Bertz CT molecular complexity index is 1130. The molecule has 0 aliphatic rings. The Hall–Kier alpha value is -3.74. The summed E-state index contributed by atoms with van der Waals surface area (Å²) in [7, 11) is 0. The Kier molecular flexibility index (Phi) is 5.20. The van der Waals surface area contributed by atoms with E-state index < -0.39 is 0 Å². The van der Waals surface area contributed by atoms with Gasteiger partial charge < -0.3 is 15.1 Å². The van der Waals surface area contributed by atoms with Crippen molar-refractivity contribution >= 4 is 28.3 Å². The summed E-state index contributed by atoms with van der Waals surface area (Å²) in [5.41, 5.74) is 1.30. The van der Waals surface area contributed by atoms with Crippen molar-refractivity contribution in [2.24, 2.45) is 0 Å². The summed E-state index contributed by atoms with van der Waals surface area (Å²) in [5, 5.41) is 6.80. The molecule has 0 bridgehead atoms. The Morgan fingerprint density at radius 1 is 1.07 bits per heavy atom. The highest BCUT2D eigenvalue weighted by molar-refractivity contribution is 5.97. The number of anilines is 2. The van der Waals surface area contributed by atoms with Gasteiger partial charge in [-0.2, -0.15) is 0 Å². The number of fused-ring (bicyclic) bond motifs is 1. The first-order valence-electron chi connectivity index (χ1n) is 9.21. The standard InChI is InChI=1S/C22H19FN4O2/c1-14(13-17-5-4-12-29-17)24-22(28)21-26-19-7-3-2-6-18(19)20(27-21)25-16-10-8-15(23)9-11-16/h2-12,14H,13H2,1H3,(H,24,28)(H,25,26,27)/t14-/m1/s1. The predicted molar refractivity (Wildman–Crippen MR) is 109 cm³/mol. The number of nitrogens with zero attached hydrogens (tertiary/aromatic N) is 2. The molecule has 2 aromatic carbocycles. The lowest BCUT2D eigenvalue weighted by Crippen LogP contribution is -2.35. The number of nitrogens with one attached hydrogen (secondary N) is 2. The highest BCUT2D eigenvalue weighted by atomic mass is 19.1. The third-order valence-electron chi connectivity index (χ3n) is 4.38. The van der Waals surface area contributed by atoms with Crippen molar-refractivity contribution in [3.05, 3.63) is 84.3 Å². The lowest BCUT2D eigenvalue weighted by molar-refractivity contribution is 0.0929. The number of rotatable bonds is 6. The molecule has 0 unspecified atom stereocenters. The molecule has 0 radical (unpaired) electrons. The summed E-state index contributed by atoms with van der Waals surface area (Å²) in [5.74, 6) is 0.618. The molecule has 0 fully saturated rings. The Morgan fingerprint density at radius 3 is 2.62 bits per heavy atom. The maximum absolute atomic E-state index is 13.2. The summed E-state index contributed by atoms with van der Waals surface area (Å²) < 4.78 is 18.5. The van der Waals surface area contributed by atoms with E-state index in [0.29, 0.717) is 23.4 Å². The van der Waals surface area contributed by atoms with Crippen LogP contribution in [0, 0.1) is 5.82 Å². The Balaban J connectivity index is 1.60. The molecular weight excluding hydrogens is 371 g/mol. The molecule has 0 aliphatic heterocycles. The van der Waals surface area contributed by atoms with Crippen LogP contribution in [0.3, 0.4) is 0 Å². The fourth-order valence-corrected chi connectivity index (χ4v) is 3.01. The number of furan rings is 1. The first-order chi connectivity index (χ1) is 14.1. The molecular formula is C22H19FN4O2. The van der Waals surface area contributed by atoms with Crippen LogP contribution in [0.4, 0.5) is 15.9 Å². The number of aromatic nitrogens is 2. The van der Waals surface area contributed by atoms with Gasteiger partial charge in [-0.05, 0) is 55.5 Å². The van der Waals surface area contributed by atoms with E-state index in [0.717, 1.165) is 11.1 Å². The number of para-hydroxylation sites is 1. The Labute approximate surface area is 166 Å². The van der Waals surface area contributed by atoms with Crippen LogP contribution in [-0.2, 0) is 6.42 Å². The van der Waals surface area contributed by atoms with Gasteiger partial charge in [-0.25, -0.2) is 14.4 Å². The molecule has 2 aromatic heterocycles. The molecule has 2 N–H and O–H groups in total. The highest BCUT2D eigenvalue weighted by Gasteiger charge is 2.17. The van der Waals surface area contributed by atoms with Gasteiger partial charge in [0.15, 0.2) is 0 Å². The number of halogens is 1. The van der Waals surface area contributed by atoms with Crippen molar-refractivity contribution in [3.63, 3.8) is 0 Å². The maximum atomic E-state index is 13.2.